The van der Waals surface area contributed by atoms with Crippen LogP contribution in [0.15, 0.2) is 167 Å². The number of carbonyl (C=O) groups excluding carboxylic acids is 7. The molecule has 27 heteroatoms. The molecule has 2 aliphatic rings. The summed E-state index contributed by atoms with van der Waals surface area (Å²) < 4.78 is 11.6. The molecule has 3 heterocycles. The van der Waals surface area contributed by atoms with Gasteiger partial charge in [-0.25, -0.2) is 4.79 Å². The number of unbranched alkanes of at least 4 members (excludes halogenated alkanes) is 1. The topological polar surface area (TPSA) is 364 Å². The molecule has 2 saturated heterocycles. The van der Waals surface area contributed by atoms with E-state index in [1.54, 1.807) is 91.1 Å². The number of H-pyrrole nitrogens is 1. The van der Waals surface area contributed by atoms with Crippen molar-refractivity contribution in [1.82, 2.24) is 40.6 Å². The second kappa shape index (κ2) is 29.2. The number of fused-ring (bicyclic) bond motifs is 2. The Hall–Kier alpha value is -10.2. The van der Waals surface area contributed by atoms with Gasteiger partial charge in [0.15, 0.2) is 0 Å². The molecule has 7 amide bonds. The SMILES string of the molecule is NCCCC[C@H]1C(=O)N(N=O)[C@@H](Cc2ccc(OCc3ccccc3)cc2)C(=O)N(N=O)[C@@H](Cc2ccccc2)C(=O)N2C[C@H](OC(=O)N(CCN)N=O)C[C@H]2C(=O)N[C@@H](c2ccccc2)C(=O)N[C@H](Cc2c[nH]c3ccccc23)C(=O)N1N=O. The average molecular weight is 1160 g/mol. The molecule has 27 nitrogen and oxygen atoms in total. The normalized spacial score (nSPS) is 20.8. The summed E-state index contributed by atoms with van der Waals surface area (Å²) in [6, 6.07) is 26.5. The Morgan fingerprint density at radius 1 is 0.600 bits per heavy atom. The van der Waals surface area contributed by atoms with Crippen LogP contribution in [-0.2, 0) is 59.4 Å². The quantitative estimate of drug-likeness (QED) is 0.0362. The molecular weight excluding hydrogens is 1100 g/mol. The van der Waals surface area contributed by atoms with Crippen molar-refractivity contribution in [3.8, 4) is 5.75 Å². The van der Waals surface area contributed by atoms with Gasteiger partial charge in [0.05, 0.1) is 34.2 Å². The summed E-state index contributed by atoms with van der Waals surface area (Å²) in [7, 11) is 0. The number of nitrogens with one attached hydrogen (secondary N) is 3. The van der Waals surface area contributed by atoms with Crippen molar-refractivity contribution in [2.24, 2.45) is 32.6 Å². The maximum absolute atomic E-state index is 15.7. The molecule has 0 unspecified atom stereocenters. The number of nitrogens with zero attached hydrogens (tertiary/aromatic N) is 9. The van der Waals surface area contributed by atoms with Gasteiger partial charge in [-0.2, -0.15) is 20.0 Å². The highest BCUT2D eigenvalue weighted by Crippen LogP contribution is 2.30. The molecule has 0 saturated carbocycles. The van der Waals surface area contributed by atoms with E-state index < -0.39 is 116 Å². The molecule has 0 spiro atoms. The molecule has 7 atom stereocenters. The van der Waals surface area contributed by atoms with Gasteiger partial charge in [0, 0.05) is 49.3 Å². The summed E-state index contributed by atoms with van der Waals surface area (Å²) in [4.78, 5) is 162. The Morgan fingerprint density at radius 2 is 1.18 bits per heavy atom. The third kappa shape index (κ3) is 14.7. The van der Waals surface area contributed by atoms with Crippen LogP contribution in [0.4, 0.5) is 4.79 Å². The second-order valence-corrected chi connectivity index (χ2v) is 20.2. The first-order valence-corrected chi connectivity index (χ1v) is 27.3. The number of benzene rings is 5. The van der Waals surface area contributed by atoms with Crippen LogP contribution in [-0.4, -0.2) is 134 Å². The highest BCUT2D eigenvalue weighted by atomic mass is 16.6. The zero-order valence-electron chi connectivity index (χ0n) is 45.9. The van der Waals surface area contributed by atoms with Crippen molar-refractivity contribution in [2.45, 2.75) is 93.9 Å². The Balaban J connectivity index is 1.30. The molecule has 442 valence electrons. The number of aromatic amines is 1. The van der Waals surface area contributed by atoms with E-state index in [0.29, 0.717) is 32.8 Å². The highest BCUT2D eigenvalue weighted by molar-refractivity contribution is 5.99. The van der Waals surface area contributed by atoms with Crippen molar-refractivity contribution < 1.29 is 43.0 Å². The number of rotatable bonds is 21. The molecular formula is C58H62N14O13. The zero-order chi connectivity index (χ0) is 60.4. The molecule has 6 aromatic rings. The minimum atomic E-state index is -2.20. The Morgan fingerprint density at radius 3 is 1.80 bits per heavy atom. The first kappa shape index (κ1) is 60.9. The average Bonchev–Trinajstić information content (AvgIpc) is 4.34. The molecule has 0 radical (unpaired) electrons. The number of nitrogens with two attached hydrogens (primary N) is 2. The van der Waals surface area contributed by atoms with Gasteiger partial charge >= 0.3 is 6.09 Å². The lowest BCUT2D eigenvalue weighted by Crippen LogP contribution is -2.61. The van der Waals surface area contributed by atoms with E-state index in [1.165, 1.54) is 24.3 Å². The minimum absolute atomic E-state index is 0.0171. The zero-order valence-corrected chi connectivity index (χ0v) is 45.9. The van der Waals surface area contributed by atoms with Gasteiger partial charge < -0.3 is 41.5 Å². The first-order chi connectivity index (χ1) is 41.3. The van der Waals surface area contributed by atoms with Crippen LogP contribution in [0.5, 0.6) is 5.75 Å². The monoisotopic (exact) mass is 1160 g/mol. The standard InChI is InChI=1S/C58H62N14O13/c59-27-13-12-22-47-56(77)72(67-83)50(31-38-23-25-42(26-24-38)84-36-39-16-6-2-7-17-39)57(78)71(66-82)49(30-37-14-4-1-5-15-37)55(76)68-35-43(85-58(79)69(64-80)29-28-60)33-48(68)52(73)63-51(40-18-8-3-9-19-40)53(74)62-46(54(75)70(47)65-81)32-41-34-61-45-21-11-10-20-44(41)45/h1-11,14-21,23-26,34,43,46-51,61H,12-13,22,27-33,35-36,59-60H2,(H,62,74)(H,63,73)/t43-,46-,47+,48+,49+,50+,51+/m1/s1. The van der Waals surface area contributed by atoms with Gasteiger partial charge in [-0.05, 0) is 71.8 Å². The smallest absolute Gasteiger partial charge is 0.433 e. The van der Waals surface area contributed by atoms with E-state index in [2.05, 4.69) is 36.8 Å². The van der Waals surface area contributed by atoms with Gasteiger partial charge in [-0.1, -0.05) is 121 Å². The summed E-state index contributed by atoms with van der Waals surface area (Å²) in [5.74, 6) is -7.06. The highest BCUT2D eigenvalue weighted by Gasteiger charge is 2.50. The number of aromatic nitrogens is 1. The van der Waals surface area contributed by atoms with Crippen molar-refractivity contribution in [1.29, 1.82) is 0 Å². The summed E-state index contributed by atoms with van der Waals surface area (Å²) in [6.45, 7) is -0.976. The van der Waals surface area contributed by atoms with E-state index in [4.69, 9.17) is 20.9 Å². The van der Waals surface area contributed by atoms with Crippen molar-refractivity contribution >= 4 is 52.4 Å². The summed E-state index contributed by atoms with van der Waals surface area (Å²) in [6.07, 6.45) is -3.38. The van der Waals surface area contributed by atoms with Gasteiger partial charge in [0.2, 0.25) is 17.7 Å². The fraction of sp³-hybridized carbons (Fsp3) is 0.328. The van der Waals surface area contributed by atoms with Crippen LogP contribution in [0, 0.1) is 19.6 Å². The third-order valence-electron chi connectivity index (χ3n) is 14.6. The van der Waals surface area contributed by atoms with Gasteiger partial charge in [0.25, 0.3) is 17.7 Å². The molecule has 0 bridgehead atoms. The summed E-state index contributed by atoms with van der Waals surface area (Å²) in [5, 5.41) is 18.8. The molecule has 5 aromatic carbocycles. The molecule has 2 fully saturated rings. The maximum Gasteiger partial charge on any atom is 0.433 e. The minimum Gasteiger partial charge on any atom is -0.489 e. The van der Waals surface area contributed by atoms with Crippen LogP contribution >= 0.6 is 0 Å². The maximum atomic E-state index is 15.7. The number of para-hydroxylation sites is 1. The molecule has 85 heavy (non-hydrogen) atoms. The number of carbonyl (C=O) groups is 7. The fourth-order valence-electron chi connectivity index (χ4n) is 10.3. The van der Waals surface area contributed by atoms with Crippen molar-refractivity contribution in [3.63, 3.8) is 0 Å². The lowest BCUT2D eigenvalue weighted by Gasteiger charge is -2.35. The molecule has 2 aliphatic heterocycles. The Labute approximate surface area is 486 Å². The summed E-state index contributed by atoms with van der Waals surface area (Å²) in [5.41, 5.74) is 14.1. The number of amides is 7. The van der Waals surface area contributed by atoms with E-state index in [1.807, 2.05) is 30.3 Å². The Bertz CT molecular complexity index is 3340. The largest absolute Gasteiger partial charge is 0.489 e. The predicted molar refractivity (Wildman–Crippen MR) is 306 cm³/mol. The van der Waals surface area contributed by atoms with Crippen LogP contribution < -0.4 is 26.8 Å². The number of hydrogen-bond donors (Lipinski definition) is 5. The van der Waals surface area contributed by atoms with Crippen molar-refractivity contribution in [3.05, 3.63) is 193 Å². The van der Waals surface area contributed by atoms with Crippen LogP contribution in [0.3, 0.4) is 0 Å². The van der Waals surface area contributed by atoms with Gasteiger partial charge in [0.1, 0.15) is 54.7 Å². The summed E-state index contributed by atoms with van der Waals surface area (Å²) >= 11 is 0. The Kier molecular flexibility index (Phi) is 20.9. The number of ether oxygens (including phenoxy) is 2. The van der Waals surface area contributed by atoms with E-state index in [-0.39, 0.29) is 71.7 Å². The molecule has 7 N–H and O–H groups in total. The van der Waals surface area contributed by atoms with Crippen LogP contribution in [0.1, 0.15) is 59.5 Å². The van der Waals surface area contributed by atoms with Gasteiger partial charge in [-0.3, -0.25) is 28.8 Å². The van der Waals surface area contributed by atoms with E-state index >= 15 is 28.8 Å². The molecule has 8 rings (SSSR count). The molecule has 0 aliphatic carbocycles. The first-order valence-electron chi connectivity index (χ1n) is 27.3. The lowest BCUT2D eigenvalue weighted by molar-refractivity contribution is -0.157. The number of nitroso groups, excluding NO2 is 4. The van der Waals surface area contributed by atoms with E-state index in [0.717, 1.165) is 10.5 Å². The van der Waals surface area contributed by atoms with Crippen LogP contribution in [0.2, 0.25) is 0 Å². The van der Waals surface area contributed by atoms with E-state index in [9.17, 15) is 24.4 Å². The predicted octanol–water partition coefficient (Wildman–Crippen LogP) is 4.94. The number of hydrogen-bond acceptors (Lipinski definition) is 19. The second-order valence-electron chi connectivity index (χ2n) is 20.2. The molecule has 1 aromatic heterocycles. The lowest BCUT2D eigenvalue weighted by atomic mass is 9.98. The van der Waals surface area contributed by atoms with Gasteiger partial charge in [-0.15, -0.1) is 19.6 Å². The van der Waals surface area contributed by atoms with Crippen LogP contribution in [0.25, 0.3) is 10.9 Å². The fourth-order valence-corrected chi connectivity index (χ4v) is 10.3. The van der Waals surface area contributed by atoms with Crippen molar-refractivity contribution in [2.75, 3.05) is 26.2 Å². The third-order valence-corrected chi connectivity index (χ3v) is 14.6.